The summed E-state index contributed by atoms with van der Waals surface area (Å²) in [6.45, 7) is 0. The number of pyridine rings is 1. The molecule has 0 aliphatic heterocycles. The number of fused-ring (bicyclic) bond motifs is 1. The Hall–Kier alpha value is -4.07. The van der Waals surface area contributed by atoms with Crippen LogP contribution in [-0.2, 0) is 0 Å². The van der Waals surface area contributed by atoms with Crippen molar-refractivity contribution in [1.29, 1.82) is 0 Å². The molecule has 33 heavy (non-hydrogen) atoms. The van der Waals surface area contributed by atoms with Crippen LogP contribution in [0.5, 0.6) is 34.5 Å². The average molecular weight is 451 g/mol. The van der Waals surface area contributed by atoms with E-state index in [9.17, 15) is 0 Å². The van der Waals surface area contributed by atoms with E-state index < -0.39 is 0 Å². The molecule has 2 aromatic heterocycles. The highest BCUT2D eigenvalue weighted by atomic mass is 16.5. The number of aromatic nitrogens is 1. The average Bonchev–Trinajstić information content (AvgIpc) is 3.30. The molecule has 172 valence electrons. The van der Waals surface area contributed by atoms with E-state index in [0.29, 0.717) is 56.9 Å². The zero-order valence-corrected chi connectivity index (χ0v) is 19.3. The molecule has 0 saturated heterocycles. The van der Waals surface area contributed by atoms with E-state index in [1.165, 1.54) is 0 Å². The predicted molar refractivity (Wildman–Crippen MR) is 124 cm³/mol. The van der Waals surface area contributed by atoms with Crippen LogP contribution in [0.2, 0.25) is 0 Å². The summed E-state index contributed by atoms with van der Waals surface area (Å²) < 4.78 is 39.5. The van der Waals surface area contributed by atoms with Crippen LogP contribution < -0.4 is 28.4 Å². The summed E-state index contributed by atoms with van der Waals surface area (Å²) in [4.78, 5) is 4.49. The Labute approximate surface area is 191 Å². The minimum Gasteiger partial charge on any atom is -0.493 e. The highest BCUT2D eigenvalue weighted by Gasteiger charge is 2.23. The van der Waals surface area contributed by atoms with E-state index in [1.54, 1.807) is 54.9 Å². The van der Waals surface area contributed by atoms with Crippen molar-refractivity contribution in [3.63, 3.8) is 0 Å². The highest BCUT2D eigenvalue weighted by molar-refractivity contribution is 5.95. The van der Waals surface area contributed by atoms with Gasteiger partial charge in [-0.25, -0.2) is 0 Å². The van der Waals surface area contributed by atoms with Crippen LogP contribution in [-0.4, -0.2) is 47.6 Å². The quantitative estimate of drug-likeness (QED) is 0.361. The van der Waals surface area contributed by atoms with Crippen LogP contribution in [0, 0.1) is 0 Å². The van der Waals surface area contributed by atoms with Crippen molar-refractivity contribution in [2.24, 2.45) is 0 Å². The lowest BCUT2D eigenvalue weighted by Crippen LogP contribution is -1.97. The second-order valence-electron chi connectivity index (χ2n) is 6.95. The molecule has 0 N–H and O–H groups in total. The number of nitrogens with zero attached hydrogens (tertiary/aromatic N) is 1. The molecule has 0 bridgehead atoms. The third kappa shape index (κ3) is 3.63. The fourth-order valence-electron chi connectivity index (χ4n) is 3.89. The first-order chi connectivity index (χ1) is 16.1. The van der Waals surface area contributed by atoms with Crippen LogP contribution in [0.3, 0.4) is 0 Å². The van der Waals surface area contributed by atoms with E-state index in [4.69, 9.17) is 32.8 Å². The van der Waals surface area contributed by atoms with Gasteiger partial charge in [0.05, 0.1) is 48.2 Å². The molecule has 0 saturated carbocycles. The van der Waals surface area contributed by atoms with E-state index in [-0.39, 0.29) is 0 Å². The standard InChI is InChI=1S/C25H25NO7/c1-27-18-9-7-14(22(29-3)24(18)31-5)15-11-12-26-17-13-20(33-21(15)17)16-8-10-19(28-2)25(32-6)23(16)30-4/h7-13H,1-6H3. The molecule has 2 aromatic carbocycles. The smallest absolute Gasteiger partial charge is 0.204 e. The maximum absolute atomic E-state index is 6.32. The third-order valence-corrected chi connectivity index (χ3v) is 5.38. The first-order valence-corrected chi connectivity index (χ1v) is 10.1. The number of rotatable bonds is 8. The minimum absolute atomic E-state index is 0.479. The second-order valence-corrected chi connectivity index (χ2v) is 6.95. The van der Waals surface area contributed by atoms with Crippen molar-refractivity contribution in [2.45, 2.75) is 0 Å². The van der Waals surface area contributed by atoms with Crippen molar-refractivity contribution >= 4 is 11.1 Å². The van der Waals surface area contributed by atoms with Gasteiger partial charge in [-0.15, -0.1) is 0 Å². The number of hydrogen-bond acceptors (Lipinski definition) is 8. The molecule has 8 heteroatoms. The fourth-order valence-corrected chi connectivity index (χ4v) is 3.89. The van der Waals surface area contributed by atoms with Gasteiger partial charge in [-0.2, -0.15) is 0 Å². The highest BCUT2D eigenvalue weighted by Crippen LogP contribution is 2.48. The molecular weight excluding hydrogens is 426 g/mol. The Morgan fingerprint density at radius 2 is 1.12 bits per heavy atom. The molecule has 0 aliphatic rings. The summed E-state index contributed by atoms with van der Waals surface area (Å²) in [5.74, 6) is 3.71. The maximum atomic E-state index is 6.32. The molecule has 4 aromatic rings. The van der Waals surface area contributed by atoms with Gasteiger partial charge in [-0.05, 0) is 30.3 Å². The van der Waals surface area contributed by atoms with Gasteiger partial charge in [0.25, 0.3) is 0 Å². The normalized spacial score (nSPS) is 10.7. The van der Waals surface area contributed by atoms with Crippen molar-refractivity contribution in [2.75, 3.05) is 42.7 Å². The predicted octanol–water partition coefficient (Wildman–Crippen LogP) is 5.21. The molecule has 0 amide bonds. The van der Waals surface area contributed by atoms with Crippen molar-refractivity contribution in [1.82, 2.24) is 4.98 Å². The number of methoxy groups -OCH3 is 6. The molecule has 8 nitrogen and oxygen atoms in total. The Kier molecular flexibility index (Phi) is 6.17. The van der Waals surface area contributed by atoms with Crippen molar-refractivity contribution in [3.8, 4) is 56.9 Å². The van der Waals surface area contributed by atoms with Gasteiger partial charge in [0.1, 0.15) is 11.3 Å². The minimum atomic E-state index is 0.479. The van der Waals surface area contributed by atoms with Gasteiger partial charge in [0.2, 0.25) is 11.5 Å². The van der Waals surface area contributed by atoms with E-state index >= 15 is 0 Å². The molecular formula is C25H25NO7. The Morgan fingerprint density at radius 3 is 1.67 bits per heavy atom. The van der Waals surface area contributed by atoms with Gasteiger partial charge in [0, 0.05) is 23.4 Å². The Bertz CT molecular complexity index is 1300. The van der Waals surface area contributed by atoms with Crippen LogP contribution in [0.25, 0.3) is 33.6 Å². The number of benzene rings is 2. The molecule has 2 heterocycles. The summed E-state index contributed by atoms with van der Waals surface area (Å²) >= 11 is 0. The SMILES string of the molecule is COc1ccc(-c2cc3nccc(-c4ccc(OC)c(OC)c4OC)c3o2)c(OC)c1OC. The van der Waals surface area contributed by atoms with Crippen LogP contribution in [0.1, 0.15) is 0 Å². The third-order valence-electron chi connectivity index (χ3n) is 5.38. The Morgan fingerprint density at radius 1 is 0.576 bits per heavy atom. The molecule has 0 fully saturated rings. The van der Waals surface area contributed by atoms with Crippen molar-refractivity contribution in [3.05, 3.63) is 42.6 Å². The van der Waals surface area contributed by atoms with Gasteiger partial charge < -0.3 is 32.8 Å². The summed E-state index contributed by atoms with van der Waals surface area (Å²) in [6, 6.07) is 11.1. The zero-order valence-electron chi connectivity index (χ0n) is 19.3. The monoisotopic (exact) mass is 451 g/mol. The molecule has 0 unspecified atom stereocenters. The summed E-state index contributed by atoms with van der Waals surface area (Å²) in [6.07, 6.45) is 1.72. The van der Waals surface area contributed by atoms with Gasteiger partial charge in [-0.3, -0.25) is 4.98 Å². The van der Waals surface area contributed by atoms with Crippen LogP contribution in [0.4, 0.5) is 0 Å². The van der Waals surface area contributed by atoms with Crippen molar-refractivity contribution < 1.29 is 32.8 Å². The largest absolute Gasteiger partial charge is 0.493 e. The fraction of sp³-hybridized carbons (Fsp3) is 0.240. The lowest BCUT2D eigenvalue weighted by molar-refractivity contribution is 0.325. The van der Waals surface area contributed by atoms with Gasteiger partial charge >= 0.3 is 0 Å². The van der Waals surface area contributed by atoms with Crippen LogP contribution in [0.15, 0.2) is 47.0 Å². The van der Waals surface area contributed by atoms with Gasteiger partial charge in [-0.1, -0.05) is 0 Å². The topological polar surface area (TPSA) is 81.4 Å². The zero-order chi connectivity index (χ0) is 23.5. The van der Waals surface area contributed by atoms with E-state index in [1.807, 2.05) is 30.3 Å². The summed E-state index contributed by atoms with van der Waals surface area (Å²) in [5.41, 5.74) is 3.55. The van der Waals surface area contributed by atoms with Crippen LogP contribution >= 0.6 is 0 Å². The lowest BCUT2D eigenvalue weighted by atomic mass is 10.0. The molecule has 0 spiro atoms. The number of furan rings is 1. The molecule has 4 rings (SSSR count). The first-order valence-electron chi connectivity index (χ1n) is 10.1. The van der Waals surface area contributed by atoms with Gasteiger partial charge in [0.15, 0.2) is 28.6 Å². The first kappa shape index (κ1) is 22.1. The molecule has 0 atom stereocenters. The Balaban J connectivity index is 1.94. The van der Waals surface area contributed by atoms with E-state index in [2.05, 4.69) is 4.98 Å². The number of hydrogen-bond donors (Lipinski definition) is 0. The second kappa shape index (κ2) is 9.20. The molecule has 0 radical (unpaired) electrons. The lowest BCUT2D eigenvalue weighted by Gasteiger charge is -2.16. The number of ether oxygens (including phenoxy) is 6. The maximum Gasteiger partial charge on any atom is 0.204 e. The summed E-state index contributed by atoms with van der Waals surface area (Å²) in [7, 11) is 9.44. The van der Waals surface area contributed by atoms with E-state index in [0.717, 1.165) is 11.1 Å². The molecule has 0 aliphatic carbocycles. The summed E-state index contributed by atoms with van der Waals surface area (Å²) in [5, 5.41) is 0.